The van der Waals surface area contributed by atoms with E-state index in [-0.39, 0.29) is 18.0 Å². The molecule has 1 aromatic carbocycles. The fourth-order valence-electron chi connectivity index (χ4n) is 2.22. The normalized spacial score (nSPS) is 21.8. The summed E-state index contributed by atoms with van der Waals surface area (Å²) in [6.07, 6.45) is 1.03. The standard InChI is InChI=1S/C14H16FN3O2S/c1-19-10-6-12(16-7-10)14-17-13(18-20-14)8-21-11-4-2-9(15)3-5-11/h2-5,10,12,16H,6-8H2,1H3/t10-,12+/m0/s1. The van der Waals surface area contributed by atoms with Crippen molar-refractivity contribution < 1.29 is 13.7 Å². The first-order valence-corrected chi connectivity index (χ1v) is 7.70. The quantitative estimate of drug-likeness (QED) is 0.857. The van der Waals surface area contributed by atoms with Crippen molar-refractivity contribution in [1.82, 2.24) is 15.5 Å². The third-order valence-corrected chi connectivity index (χ3v) is 4.40. The molecule has 2 aromatic rings. The molecule has 0 spiro atoms. The molecule has 5 nitrogen and oxygen atoms in total. The van der Waals surface area contributed by atoms with E-state index in [0.29, 0.717) is 17.5 Å². The van der Waals surface area contributed by atoms with E-state index in [1.807, 2.05) is 0 Å². The van der Waals surface area contributed by atoms with Gasteiger partial charge in [0.2, 0.25) is 5.89 Å². The molecular weight excluding hydrogens is 293 g/mol. The number of ether oxygens (including phenoxy) is 1. The molecular formula is C14H16FN3O2S. The molecule has 21 heavy (non-hydrogen) atoms. The Hall–Kier alpha value is -1.44. The SMILES string of the molecule is CO[C@@H]1CN[C@@H](c2nc(CSc3ccc(F)cc3)no2)C1. The van der Waals surface area contributed by atoms with E-state index in [1.165, 1.54) is 12.1 Å². The molecule has 1 aliphatic rings. The summed E-state index contributed by atoms with van der Waals surface area (Å²) >= 11 is 1.55. The van der Waals surface area contributed by atoms with Gasteiger partial charge in [-0.15, -0.1) is 11.8 Å². The number of rotatable bonds is 5. The number of hydrogen-bond acceptors (Lipinski definition) is 6. The second kappa shape index (κ2) is 6.55. The van der Waals surface area contributed by atoms with Crippen molar-refractivity contribution >= 4 is 11.8 Å². The summed E-state index contributed by atoms with van der Waals surface area (Å²) in [7, 11) is 1.70. The monoisotopic (exact) mass is 309 g/mol. The summed E-state index contributed by atoms with van der Waals surface area (Å²) in [6.45, 7) is 0.795. The molecule has 1 N–H and O–H groups in total. The van der Waals surface area contributed by atoms with Gasteiger partial charge in [-0.2, -0.15) is 4.98 Å². The zero-order valence-corrected chi connectivity index (χ0v) is 12.4. The van der Waals surface area contributed by atoms with Gasteiger partial charge < -0.3 is 14.6 Å². The van der Waals surface area contributed by atoms with Gasteiger partial charge >= 0.3 is 0 Å². The van der Waals surface area contributed by atoms with Crippen LogP contribution in [0.5, 0.6) is 0 Å². The molecule has 1 fully saturated rings. The van der Waals surface area contributed by atoms with Gasteiger partial charge in [-0.25, -0.2) is 4.39 Å². The minimum Gasteiger partial charge on any atom is -0.380 e. The average molecular weight is 309 g/mol. The number of thioether (sulfide) groups is 1. The molecule has 1 aliphatic heterocycles. The van der Waals surface area contributed by atoms with Crippen molar-refractivity contribution in [2.75, 3.05) is 13.7 Å². The molecule has 0 bridgehead atoms. The van der Waals surface area contributed by atoms with E-state index < -0.39 is 0 Å². The summed E-state index contributed by atoms with van der Waals surface area (Å²) in [5.74, 6) is 1.60. The third kappa shape index (κ3) is 3.61. The van der Waals surface area contributed by atoms with Gasteiger partial charge in [0.05, 0.1) is 17.9 Å². The van der Waals surface area contributed by atoms with Gasteiger partial charge in [0.25, 0.3) is 0 Å². The van der Waals surface area contributed by atoms with Gasteiger partial charge in [0.15, 0.2) is 5.82 Å². The van der Waals surface area contributed by atoms with Crippen molar-refractivity contribution in [3.63, 3.8) is 0 Å². The molecule has 2 heterocycles. The van der Waals surface area contributed by atoms with Crippen molar-refractivity contribution in [3.05, 3.63) is 41.8 Å². The molecule has 2 atom stereocenters. The highest BCUT2D eigenvalue weighted by Crippen LogP contribution is 2.25. The molecule has 0 aliphatic carbocycles. The highest BCUT2D eigenvalue weighted by molar-refractivity contribution is 7.98. The van der Waals surface area contributed by atoms with Gasteiger partial charge in [-0.3, -0.25) is 0 Å². The largest absolute Gasteiger partial charge is 0.380 e. The zero-order valence-electron chi connectivity index (χ0n) is 11.6. The second-order valence-corrected chi connectivity index (χ2v) is 5.89. The lowest BCUT2D eigenvalue weighted by atomic mass is 10.2. The molecule has 0 unspecified atom stereocenters. The zero-order chi connectivity index (χ0) is 14.7. The van der Waals surface area contributed by atoms with Crippen LogP contribution in [0, 0.1) is 5.82 Å². The summed E-state index contributed by atoms with van der Waals surface area (Å²) in [5, 5.41) is 7.28. The Balaban J connectivity index is 1.57. The number of aromatic nitrogens is 2. The molecule has 0 amide bonds. The molecule has 0 radical (unpaired) electrons. The first-order valence-electron chi connectivity index (χ1n) is 6.71. The minimum absolute atomic E-state index is 0.0621. The van der Waals surface area contributed by atoms with E-state index in [0.717, 1.165) is 17.9 Å². The maximum Gasteiger partial charge on any atom is 0.243 e. The maximum atomic E-state index is 12.8. The first-order chi connectivity index (χ1) is 10.2. The van der Waals surface area contributed by atoms with Crippen molar-refractivity contribution in [2.24, 2.45) is 0 Å². The van der Waals surface area contributed by atoms with Crippen LogP contribution in [0.15, 0.2) is 33.7 Å². The van der Waals surface area contributed by atoms with E-state index in [4.69, 9.17) is 9.26 Å². The van der Waals surface area contributed by atoms with Gasteiger partial charge in [0, 0.05) is 18.6 Å². The Bertz CT molecular complexity index is 590. The topological polar surface area (TPSA) is 60.2 Å². The average Bonchev–Trinajstić information content (AvgIpc) is 3.15. The van der Waals surface area contributed by atoms with Crippen LogP contribution in [-0.2, 0) is 10.5 Å². The minimum atomic E-state index is -0.235. The molecule has 3 rings (SSSR count). The summed E-state index contributed by atoms with van der Waals surface area (Å²) in [4.78, 5) is 5.38. The highest BCUT2D eigenvalue weighted by atomic mass is 32.2. The van der Waals surface area contributed by atoms with Crippen LogP contribution in [0.4, 0.5) is 4.39 Å². The number of nitrogens with zero attached hydrogens (tertiary/aromatic N) is 2. The van der Waals surface area contributed by atoms with Crippen LogP contribution < -0.4 is 5.32 Å². The fraction of sp³-hybridized carbons (Fsp3) is 0.429. The summed E-state index contributed by atoms with van der Waals surface area (Å²) in [6, 6.07) is 6.42. The predicted molar refractivity (Wildman–Crippen MR) is 76.4 cm³/mol. The van der Waals surface area contributed by atoms with Gasteiger partial charge in [-0.1, -0.05) is 5.16 Å². The highest BCUT2D eigenvalue weighted by Gasteiger charge is 2.29. The summed E-state index contributed by atoms with van der Waals surface area (Å²) < 4.78 is 23.4. The number of hydrogen-bond donors (Lipinski definition) is 1. The van der Waals surface area contributed by atoms with Crippen molar-refractivity contribution in [3.8, 4) is 0 Å². The Kier molecular flexibility index (Phi) is 4.52. The van der Waals surface area contributed by atoms with Crippen molar-refractivity contribution in [2.45, 2.75) is 29.2 Å². The molecule has 1 saturated heterocycles. The Morgan fingerprint density at radius 1 is 1.43 bits per heavy atom. The van der Waals surface area contributed by atoms with E-state index in [1.54, 1.807) is 31.0 Å². The van der Waals surface area contributed by atoms with E-state index in [9.17, 15) is 4.39 Å². The molecule has 1 aromatic heterocycles. The third-order valence-electron chi connectivity index (χ3n) is 3.39. The van der Waals surface area contributed by atoms with Crippen LogP contribution >= 0.6 is 11.8 Å². The Morgan fingerprint density at radius 3 is 2.95 bits per heavy atom. The van der Waals surface area contributed by atoms with Gasteiger partial charge in [-0.05, 0) is 30.7 Å². The second-order valence-electron chi connectivity index (χ2n) is 4.85. The lowest BCUT2D eigenvalue weighted by molar-refractivity contribution is 0.116. The van der Waals surface area contributed by atoms with Crippen LogP contribution in [0.2, 0.25) is 0 Å². The maximum absolute atomic E-state index is 12.8. The molecule has 7 heteroatoms. The number of methoxy groups -OCH3 is 1. The molecule has 112 valence electrons. The van der Waals surface area contributed by atoms with E-state index in [2.05, 4.69) is 15.5 Å². The van der Waals surface area contributed by atoms with Crippen LogP contribution in [0.1, 0.15) is 24.2 Å². The number of halogens is 1. The summed E-state index contributed by atoms with van der Waals surface area (Å²) in [5.41, 5.74) is 0. The van der Waals surface area contributed by atoms with E-state index >= 15 is 0 Å². The molecule has 0 saturated carbocycles. The smallest absolute Gasteiger partial charge is 0.243 e. The lowest BCUT2D eigenvalue weighted by Gasteiger charge is -2.04. The van der Waals surface area contributed by atoms with Crippen LogP contribution in [-0.4, -0.2) is 29.9 Å². The number of benzene rings is 1. The van der Waals surface area contributed by atoms with Crippen LogP contribution in [0.3, 0.4) is 0 Å². The Morgan fingerprint density at radius 2 is 2.24 bits per heavy atom. The lowest BCUT2D eigenvalue weighted by Crippen LogP contribution is -2.16. The van der Waals surface area contributed by atoms with Crippen molar-refractivity contribution in [1.29, 1.82) is 0 Å². The number of nitrogens with one attached hydrogen (secondary N) is 1. The van der Waals surface area contributed by atoms with Crippen LogP contribution in [0.25, 0.3) is 0 Å². The Labute approximate surface area is 126 Å². The van der Waals surface area contributed by atoms with Gasteiger partial charge in [0.1, 0.15) is 5.82 Å². The first kappa shape index (κ1) is 14.5. The fourth-order valence-corrected chi connectivity index (χ4v) is 2.96. The predicted octanol–water partition coefficient (Wildman–Crippen LogP) is 2.55.